The fourth-order valence-electron chi connectivity index (χ4n) is 3.99. The molecule has 0 radical (unpaired) electrons. The van der Waals surface area contributed by atoms with E-state index < -0.39 is 0 Å². The molecule has 0 aliphatic rings. The first kappa shape index (κ1) is 19.3. The fourth-order valence-corrected chi connectivity index (χ4v) is 4.12. The third kappa shape index (κ3) is 3.54. The number of hydrogen-bond donors (Lipinski definition) is 0. The molecule has 31 heavy (non-hydrogen) atoms. The molecule has 0 atom stereocenters. The van der Waals surface area contributed by atoms with E-state index in [0.29, 0.717) is 22.5 Å². The maximum atomic E-state index is 13.5. The summed E-state index contributed by atoms with van der Waals surface area (Å²) in [5, 5.41) is 3.00. The van der Waals surface area contributed by atoms with Gasteiger partial charge >= 0.3 is 0 Å². The van der Waals surface area contributed by atoms with Crippen LogP contribution in [0.2, 0.25) is 5.02 Å². The SMILES string of the molecule is O=C(c1cn(Cc2ccc(Cl)cc2)c2ccccc2c1=O)c1cccc2ccccc12. The van der Waals surface area contributed by atoms with Crippen LogP contribution in [0.3, 0.4) is 0 Å². The minimum Gasteiger partial charge on any atom is -0.342 e. The Bertz CT molecular complexity index is 1490. The monoisotopic (exact) mass is 423 g/mol. The largest absolute Gasteiger partial charge is 0.342 e. The molecule has 0 N–H and O–H groups in total. The van der Waals surface area contributed by atoms with Gasteiger partial charge in [0.1, 0.15) is 0 Å². The Morgan fingerprint density at radius 3 is 2.23 bits per heavy atom. The average Bonchev–Trinajstić information content (AvgIpc) is 2.81. The van der Waals surface area contributed by atoms with Gasteiger partial charge in [0.2, 0.25) is 5.43 Å². The first-order valence-corrected chi connectivity index (χ1v) is 10.4. The molecule has 0 unspecified atom stereocenters. The van der Waals surface area contributed by atoms with Crippen molar-refractivity contribution in [1.82, 2.24) is 4.57 Å². The fraction of sp³-hybridized carbons (Fsp3) is 0.0370. The molecule has 0 saturated heterocycles. The topological polar surface area (TPSA) is 39.1 Å². The summed E-state index contributed by atoms with van der Waals surface area (Å²) in [5.41, 5.74) is 2.27. The molecule has 4 aromatic carbocycles. The lowest BCUT2D eigenvalue weighted by Crippen LogP contribution is -2.20. The number of pyridine rings is 1. The van der Waals surface area contributed by atoms with E-state index in [4.69, 9.17) is 11.6 Å². The number of nitrogens with zero attached hydrogens (tertiary/aromatic N) is 1. The van der Waals surface area contributed by atoms with Crippen molar-refractivity contribution in [2.75, 3.05) is 0 Å². The van der Waals surface area contributed by atoms with Crippen LogP contribution >= 0.6 is 11.6 Å². The summed E-state index contributed by atoms with van der Waals surface area (Å²) in [5.74, 6) is -0.266. The molecule has 5 aromatic rings. The number of hydrogen-bond acceptors (Lipinski definition) is 2. The summed E-state index contributed by atoms with van der Waals surface area (Å²) in [7, 11) is 0. The van der Waals surface area contributed by atoms with Gasteiger partial charge in [-0.15, -0.1) is 0 Å². The van der Waals surface area contributed by atoms with Crippen molar-refractivity contribution in [3.05, 3.63) is 129 Å². The highest BCUT2D eigenvalue weighted by molar-refractivity contribution is 6.30. The van der Waals surface area contributed by atoms with Gasteiger partial charge in [-0.05, 0) is 40.6 Å². The number of benzene rings is 4. The first-order chi connectivity index (χ1) is 15.1. The Labute approximate surface area is 184 Å². The summed E-state index contributed by atoms with van der Waals surface area (Å²) in [6.07, 6.45) is 1.68. The van der Waals surface area contributed by atoms with E-state index in [9.17, 15) is 9.59 Å². The summed E-state index contributed by atoms with van der Waals surface area (Å²) < 4.78 is 1.96. The highest BCUT2D eigenvalue weighted by atomic mass is 35.5. The molecule has 5 rings (SSSR count). The second-order valence-corrected chi connectivity index (χ2v) is 7.94. The number of carbonyl (C=O) groups is 1. The van der Waals surface area contributed by atoms with Crippen LogP contribution in [0.15, 0.2) is 102 Å². The number of halogens is 1. The van der Waals surface area contributed by atoms with Crippen molar-refractivity contribution in [3.8, 4) is 0 Å². The zero-order chi connectivity index (χ0) is 21.4. The van der Waals surface area contributed by atoms with Gasteiger partial charge in [0.25, 0.3) is 0 Å². The molecule has 0 amide bonds. The molecule has 150 valence electrons. The minimum absolute atomic E-state index is 0.170. The molecular weight excluding hydrogens is 406 g/mol. The van der Waals surface area contributed by atoms with E-state index in [0.717, 1.165) is 21.9 Å². The molecular formula is C27H18ClNO2. The van der Waals surface area contributed by atoms with Crippen molar-refractivity contribution < 1.29 is 4.79 Å². The second-order valence-electron chi connectivity index (χ2n) is 7.50. The molecule has 0 fully saturated rings. The molecule has 4 heteroatoms. The maximum Gasteiger partial charge on any atom is 0.200 e. The number of rotatable bonds is 4. The standard InChI is InChI=1S/C27H18ClNO2/c28-20-14-12-18(13-15-20)16-29-17-24(27(31)23-9-3-4-11-25(23)29)26(30)22-10-5-7-19-6-1-2-8-21(19)22/h1-15,17H,16H2. The highest BCUT2D eigenvalue weighted by Crippen LogP contribution is 2.22. The van der Waals surface area contributed by atoms with E-state index >= 15 is 0 Å². The Morgan fingerprint density at radius 1 is 0.742 bits per heavy atom. The smallest absolute Gasteiger partial charge is 0.200 e. The number of aromatic nitrogens is 1. The number of ketones is 1. The molecule has 3 nitrogen and oxygen atoms in total. The van der Waals surface area contributed by atoms with Crippen molar-refractivity contribution >= 4 is 39.1 Å². The third-order valence-corrected chi connectivity index (χ3v) is 5.78. The molecule has 0 spiro atoms. The Morgan fingerprint density at radius 2 is 1.42 bits per heavy atom. The highest BCUT2D eigenvalue weighted by Gasteiger charge is 2.19. The normalized spacial score (nSPS) is 11.1. The van der Waals surface area contributed by atoms with Gasteiger partial charge in [-0.2, -0.15) is 0 Å². The van der Waals surface area contributed by atoms with Crippen LogP contribution in [-0.2, 0) is 6.54 Å². The van der Waals surface area contributed by atoms with Crippen LogP contribution in [0.25, 0.3) is 21.7 Å². The number of para-hydroxylation sites is 1. The molecule has 1 heterocycles. The van der Waals surface area contributed by atoms with Gasteiger partial charge in [-0.3, -0.25) is 9.59 Å². The average molecular weight is 424 g/mol. The van der Waals surface area contributed by atoms with Gasteiger partial charge in [-0.25, -0.2) is 0 Å². The predicted molar refractivity (Wildman–Crippen MR) is 126 cm³/mol. The van der Waals surface area contributed by atoms with Crippen LogP contribution < -0.4 is 5.43 Å². The van der Waals surface area contributed by atoms with E-state index in [-0.39, 0.29) is 16.8 Å². The predicted octanol–water partition coefficient (Wildman–Crippen LogP) is 6.09. The van der Waals surface area contributed by atoms with Crippen LogP contribution in [0.1, 0.15) is 21.5 Å². The van der Waals surface area contributed by atoms with Crippen LogP contribution in [0.4, 0.5) is 0 Å². The summed E-state index contributed by atoms with van der Waals surface area (Å²) >= 11 is 6.02. The van der Waals surface area contributed by atoms with Crippen molar-refractivity contribution in [2.24, 2.45) is 0 Å². The van der Waals surface area contributed by atoms with Gasteiger partial charge < -0.3 is 4.57 Å². The van der Waals surface area contributed by atoms with Crippen LogP contribution in [-0.4, -0.2) is 10.4 Å². The number of fused-ring (bicyclic) bond motifs is 2. The van der Waals surface area contributed by atoms with Crippen molar-refractivity contribution in [1.29, 1.82) is 0 Å². The van der Waals surface area contributed by atoms with E-state index in [1.807, 2.05) is 83.4 Å². The summed E-state index contributed by atoms with van der Waals surface area (Å²) in [6, 6.07) is 28.3. The van der Waals surface area contributed by atoms with Crippen molar-refractivity contribution in [2.45, 2.75) is 6.54 Å². The summed E-state index contributed by atoms with van der Waals surface area (Å²) in [4.78, 5) is 26.8. The molecule has 0 saturated carbocycles. The van der Waals surface area contributed by atoms with Crippen LogP contribution in [0, 0.1) is 0 Å². The van der Waals surface area contributed by atoms with Gasteiger partial charge in [0.15, 0.2) is 5.78 Å². The number of carbonyl (C=O) groups excluding carboxylic acids is 1. The lowest BCUT2D eigenvalue weighted by molar-refractivity contribution is 0.103. The minimum atomic E-state index is -0.266. The first-order valence-electron chi connectivity index (χ1n) is 10.0. The lowest BCUT2D eigenvalue weighted by atomic mass is 9.97. The Kier molecular flexibility index (Phi) is 4.89. The van der Waals surface area contributed by atoms with Gasteiger partial charge in [-0.1, -0.05) is 78.3 Å². The lowest BCUT2D eigenvalue weighted by Gasteiger charge is -2.14. The molecule has 0 aliphatic carbocycles. The maximum absolute atomic E-state index is 13.5. The summed E-state index contributed by atoms with van der Waals surface area (Å²) in [6.45, 7) is 0.522. The van der Waals surface area contributed by atoms with E-state index in [2.05, 4.69) is 0 Å². The van der Waals surface area contributed by atoms with Gasteiger partial charge in [0.05, 0.1) is 11.1 Å². The van der Waals surface area contributed by atoms with Crippen LogP contribution in [0.5, 0.6) is 0 Å². The van der Waals surface area contributed by atoms with Crippen molar-refractivity contribution in [3.63, 3.8) is 0 Å². The molecule has 0 bridgehead atoms. The molecule has 0 aliphatic heterocycles. The second kappa shape index (κ2) is 7.86. The molecule has 1 aromatic heterocycles. The Hall–Kier alpha value is -3.69. The van der Waals surface area contributed by atoms with E-state index in [1.165, 1.54) is 0 Å². The zero-order valence-corrected chi connectivity index (χ0v) is 17.3. The Balaban J connectivity index is 1.70. The van der Waals surface area contributed by atoms with Gasteiger partial charge in [0, 0.05) is 28.7 Å². The van der Waals surface area contributed by atoms with E-state index in [1.54, 1.807) is 18.3 Å². The quantitative estimate of drug-likeness (QED) is 0.328. The third-order valence-electron chi connectivity index (χ3n) is 5.53. The zero-order valence-electron chi connectivity index (χ0n) is 16.6.